The molecule has 1 aromatic carbocycles. The molecular formula is C8H4O3S2. The van der Waals surface area contributed by atoms with Crippen molar-refractivity contribution in [1.29, 1.82) is 0 Å². The van der Waals surface area contributed by atoms with E-state index in [1.165, 1.54) is 6.07 Å². The Bertz CT molecular complexity index is 567. The summed E-state index contributed by atoms with van der Waals surface area (Å²) in [5.74, 6) is 0. The summed E-state index contributed by atoms with van der Waals surface area (Å²) in [6.45, 7) is 0. The summed E-state index contributed by atoms with van der Waals surface area (Å²) in [6, 6.07) is 4.54. The third kappa shape index (κ3) is 1.30. The summed E-state index contributed by atoms with van der Waals surface area (Å²) in [5, 5.41) is 0.0833. The van der Waals surface area contributed by atoms with Crippen molar-refractivity contribution in [1.82, 2.24) is 0 Å². The zero-order valence-corrected chi connectivity index (χ0v) is 8.02. The van der Waals surface area contributed by atoms with Crippen molar-refractivity contribution in [3.8, 4) is 0 Å². The Morgan fingerprint density at radius 1 is 1.31 bits per heavy atom. The molecule has 0 saturated carbocycles. The molecular weight excluding hydrogens is 208 g/mol. The lowest BCUT2D eigenvalue weighted by atomic mass is 10.4. The molecule has 0 fully saturated rings. The van der Waals surface area contributed by atoms with Crippen molar-refractivity contribution in [2.75, 3.05) is 0 Å². The monoisotopic (exact) mass is 212 g/mol. The maximum atomic E-state index is 11.3. The van der Waals surface area contributed by atoms with Crippen LogP contribution in [0.4, 0.5) is 0 Å². The minimum Gasteiger partial charge on any atom is -0.361 e. The molecule has 1 aromatic heterocycles. The van der Waals surface area contributed by atoms with E-state index in [-0.39, 0.29) is 10.8 Å². The molecule has 0 aliphatic carbocycles. The van der Waals surface area contributed by atoms with Crippen LogP contribution in [0.3, 0.4) is 0 Å². The highest BCUT2D eigenvalue weighted by atomic mass is 32.1. The second kappa shape index (κ2) is 3.01. The van der Waals surface area contributed by atoms with E-state index in [1.807, 2.05) is 0 Å². The fourth-order valence-corrected chi connectivity index (χ4v) is 2.00. The number of fused-ring (bicyclic) bond motifs is 1. The fraction of sp³-hybridized carbons (Fsp3) is 0. The Kier molecular flexibility index (Phi) is 1.97. The lowest BCUT2D eigenvalue weighted by molar-refractivity contribution is 0.650. The molecule has 0 radical (unpaired) electrons. The minimum atomic E-state index is -0.587. The quantitative estimate of drug-likeness (QED) is 0.673. The van der Waals surface area contributed by atoms with Gasteiger partial charge in [-0.2, -0.15) is 0 Å². The number of rotatable bonds is 0. The molecule has 0 amide bonds. The van der Waals surface area contributed by atoms with Crippen molar-refractivity contribution >= 4 is 34.3 Å². The third-order valence-electron chi connectivity index (χ3n) is 1.61. The summed E-state index contributed by atoms with van der Waals surface area (Å²) in [4.78, 5) is 23.0. The molecule has 0 spiro atoms. The van der Waals surface area contributed by atoms with Crippen molar-refractivity contribution in [2.24, 2.45) is 0 Å². The van der Waals surface area contributed by atoms with Crippen LogP contribution in [-0.2, 0) is 0 Å². The van der Waals surface area contributed by atoms with Gasteiger partial charge in [0.2, 0.25) is 0 Å². The molecule has 2 aromatic rings. The molecule has 0 unspecified atom stereocenters. The van der Waals surface area contributed by atoms with Gasteiger partial charge >= 0.3 is 5.63 Å². The standard InChI is InChI=1S/C8H4O3S2/c9-4-2-1-3-5(12)7-6(4)8(10)11-13-7/h1-3,12H. The summed E-state index contributed by atoms with van der Waals surface area (Å²) in [5.41, 5.74) is -0.915. The molecule has 0 atom stereocenters. The molecule has 1 heterocycles. The Morgan fingerprint density at radius 2 is 2.08 bits per heavy atom. The maximum absolute atomic E-state index is 11.3. The maximum Gasteiger partial charge on any atom is 0.360 e. The van der Waals surface area contributed by atoms with Gasteiger partial charge in [0.25, 0.3) is 0 Å². The highest BCUT2D eigenvalue weighted by molar-refractivity contribution is 7.80. The van der Waals surface area contributed by atoms with Gasteiger partial charge in [-0.15, -0.1) is 12.6 Å². The minimum absolute atomic E-state index is 0.0833. The van der Waals surface area contributed by atoms with Crippen LogP contribution < -0.4 is 11.1 Å². The second-order valence-electron chi connectivity index (χ2n) is 2.43. The molecule has 66 valence electrons. The summed E-state index contributed by atoms with van der Waals surface area (Å²) in [6.07, 6.45) is 0. The summed E-state index contributed by atoms with van der Waals surface area (Å²) < 4.78 is 5.16. The predicted octanol–water partition coefficient (Wildman–Crippen LogP) is 1.50. The van der Waals surface area contributed by atoms with Crippen molar-refractivity contribution in [2.45, 2.75) is 4.90 Å². The average Bonchev–Trinajstić information content (AvgIpc) is 2.40. The van der Waals surface area contributed by atoms with E-state index in [2.05, 4.69) is 16.5 Å². The Labute approximate surface area is 82.3 Å². The van der Waals surface area contributed by atoms with Crippen LogP contribution in [-0.4, -0.2) is 0 Å². The van der Waals surface area contributed by atoms with Crippen LogP contribution in [0, 0.1) is 0 Å². The molecule has 5 heteroatoms. The molecule has 13 heavy (non-hydrogen) atoms. The highest BCUT2D eigenvalue weighted by Gasteiger charge is 2.08. The van der Waals surface area contributed by atoms with E-state index in [4.69, 9.17) is 0 Å². The van der Waals surface area contributed by atoms with E-state index in [0.717, 1.165) is 11.6 Å². The molecule has 0 N–H and O–H groups in total. The van der Waals surface area contributed by atoms with Crippen LogP contribution in [0.1, 0.15) is 0 Å². The third-order valence-corrected chi connectivity index (χ3v) is 2.96. The van der Waals surface area contributed by atoms with Crippen LogP contribution in [0.25, 0.3) is 10.1 Å². The predicted molar refractivity (Wildman–Crippen MR) is 53.9 cm³/mol. The van der Waals surface area contributed by atoms with E-state index < -0.39 is 5.63 Å². The average molecular weight is 212 g/mol. The van der Waals surface area contributed by atoms with Crippen molar-refractivity contribution < 1.29 is 3.85 Å². The normalized spacial score (nSPS) is 10.5. The van der Waals surface area contributed by atoms with Gasteiger partial charge in [0.1, 0.15) is 5.39 Å². The second-order valence-corrected chi connectivity index (χ2v) is 3.66. The molecule has 3 nitrogen and oxygen atoms in total. The van der Waals surface area contributed by atoms with E-state index >= 15 is 0 Å². The van der Waals surface area contributed by atoms with Gasteiger partial charge in [0.05, 0.1) is 4.70 Å². The Morgan fingerprint density at radius 3 is 2.85 bits per heavy atom. The fourth-order valence-electron chi connectivity index (χ4n) is 1.02. The first-order valence-corrected chi connectivity index (χ1v) is 4.64. The number of hydrogen-bond acceptors (Lipinski definition) is 5. The smallest absolute Gasteiger partial charge is 0.360 e. The highest BCUT2D eigenvalue weighted by Crippen LogP contribution is 2.20. The molecule has 0 aliphatic rings. The zero-order valence-electron chi connectivity index (χ0n) is 6.31. The lowest BCUT2D eigenvalue weighted by Gasteiger charge is -1.79. The number of hydrogen-bond donors (Lipinski definition) is 1. The van der Waals surface area contributed by atoms with Crippen LogP contribution in [0.5, 0.6) is 0 Å². The van der Waals surface area contributed by atoms with Gasteiger partial charge in [-0.05, 0) is 12.1 Å². The van der Waals surface area contributed by atoms with Crippen LogP contribution in [0.2, 0.25) is 0 Å². The van der Waals surface area contributed by atoms with E-state index in [9.17, 15) is 9.59 Å². The van der Waals surface area contributed by atoms with Gasteiger partial charge in [-0.1, -0.05) is 6.07 Å². The zero-order chi connectivity index (χ0) is 9.42. The van der Waals surface area contributed by atoms with Gasteiger partial charge in [-0.25, -0.2) is 4.79 Å². The summed E-state index contributed by atoms with van der Waals surface area (Å²) >= 11 is 5.02. The first kappa shape index (κ1) is 8.52. The Hall–Kier alpha value is -1.07. The lowest BCUT2D eigenvalue weighted by Crippen LogP contribution is -2.04. The van der Waals surface area contributed by atoms with Crippen molar-refractivity contribution in [3.63, 3.8) is 0 Å². The topological polar surface area (TPSA) is 47.3 Å². The summed E-state index contributed by atoms with van der Waals surface area (Å²) in [7, 11) is 0. The largest absolute Gasteiger partial charge is 0.361 e. The van der Waals surface area contributed by atoms with E-state index in [0.29, 0.717) is 9.60 Å². The van der Waals surface area contributed by atoms with E-state index in [1.54, 1.807) is 12.1 Å². The molecule has 0 bridgehead atoms. The van der Waals surface area contributed by atoms with Gasteiger partial charge < -0.3 is 3.85 Å². The first-order valence-electron chi connectivity index (χ1n) is 3.45. The molecule has 0 aliphatic heterocycles. The van der Waals surface area contributed by atoms with Crippen LogP contribution in [0.15, 0.2) is 36.5 Å². The SMILES string of the molecule is O=c1cccc(S)c2soc(=O)c12. The Balaban J connectivity index is 3.22. The van der Waals surface area contributed by atoms with Gasteiger partial charge in [0, 0.05) is 16.5 Å². The van der Waals surface area contributed by atoms with Gasteiger partial charge in [0.15, 0.2) is 5.43 Å². The van der Waals surface area contributed by atoms with Gasteiger partial charge in [-0.3, -0.25) is 4.79 Å². The van der Waals surface area contributed by atoms with Crippen LogP contribution >= 0.6 is 24.3 Å². The van der Waals surface area contributed by atoms with Crippen molar-refractivity contribution in [3.05, 3.63) is 38.8 Å². The molecule has 2 rings (SSSR count). The molecule has 0 saturated heterocycles. The number of thiol groups is 1. The first-order chi connectivity index (χ1) is 6.20.